The predicted octanol–water partition coefficient (Wildman–Crippen LogP) is 0.444. The molecule has 1 aliphatic rings. The number of aliphatic carboxylic acids is 4. The molecule has 0 amide bonds. The van der Waals surface area contributed by atoms with Gasteiger partial charge in [-0.05, 0) is 53.4 Å². The first-order valence-corrected chi connectivity index (χ1v) is 15.6. The molecule has 49 heavy (non-hydrogen) atoms. The van der Waals surface area contributed by atoms with Gasteiger partial charge in [0.2, 0.25) is 0 Å². The first kappa shape index (κ1) is 37.0. The van der Waals surface area contributed by atoms with Crippen molar-refractivity contribution in [2.24, 2.45) is 0 Å². The minimum Gasteiger partial charge on any atom is -0.657 e. The summed E-state index contributed by atoms with van der Waals surface area (Å²) in [5, 5.41) is 40.1. The summed E-state index contributed by atoms with van der Waals surface area (Å²) in [5.74, 6) is -3.82. The smallest absolute Gasteiger partial charge is 0.303 e. The van der Waals surface area contributed by atoms with Crippen molar-refractivity contribution in [3.63, 3.8) is 0 Å². The number of carbonyl (C=O) groups is 4. The number of rotatable bonds is 12. The Labute approximate surface area is 295 Å². The average molecular weight is 759 g/mol. The van der Waals surface area contributed by atoms with Crippen LogP contribution in [0.25, 0.3) is 24.3 Å². The van der Waals surface area contributed by atoms with Crippen LogP contribution in [-0.2, 0) is 65.3 Å². The van der Waals surface area contributed by atoms with Gasteiger partial charge in [0.25, 0.3) is 0 Å². The molecule has 4 aromatic heterocycles. The van der Waals surface area contributed by atoms with Gasteiger partial charge in [-0.1, -0.05) is 68.8 Å². The van der Waals surface area contributed by atoms with E-state index < -0.39 is 23.9 Å². The van der Waals surface area contributed by atoms with Crippen molar-refractivity contribution in [2.45, 2.75) is 79.1 Å². The normalized spacial score (nSPS) is 14.6. The van der Waals surface area contributed by atoms with Crippen LogP contribution in [0.5, 0.6) is 0 Å². The first-order valence-electron chi connectivity index (χ1n) is 15.6. The van der Waals surface area contributed by atoms with Crippen LogP contribution in [0.4, 0.5) is 0 Å². The van der Waals surface area contributed by atoms with E-state index in [4.69, 9.17) is 19.9 Å². The van der Waals surface area contributed by atoms with Crippen molar-refractivity contribution in [3.05, 3.63) is 88.7 Å². The summed E-state index contributed by atoms with van der Waals surface area (Å²) in [5.41, 5.74) is 8.16. The van der Waals surface area contributed by atoms with Crippen LogP contribution < -0.4 is 41.3 Å². The topological polar surface area (TPSA) is 206 Å². The Kier molecular flexibility index (Phi) is 11.4. The number of aromatic nitrogens is 4. The summed E-state index contributed by atoms with van der Waals surface area (Å²) in [4.78, 5) is 65.9. The molecule has 0 aliphatic carbocycles. The number of fused-ring (bicyclic) bond motifs is 8. The Morgan fingerprint density at radius 2 is 0.714 bits per heavy atom. The van der Waals surface area contributed by atoms with Gasteiger partial charge in [-0.15, -0.1) is 44.2 Å². The van der Waals surface area contributed by atoms with E-state index in [-0.39, 0.29) is 71.8 Å². The molecule has 13 heteroatoms. The van der Waals surface area contributed by atoms with Gasteiger partial charge in [-0.25, -0.2) is 0 Å². The minimum atomic E-state index is -0.954. The van der Waals surface area contributed by atoms with E-state index in [0.717, 1.165) is 44.5 Å². The van der Waals surface area contributed by atoms with Crippen LogP contribution in [-0.4, -0.2) is 44.3 Å². The monoisotopic (exact) mass is 758 g/mol. The molecule has 1 aliphatic heterocycles. The van der Waals surface area contributed by atoms with E-state index in [0.29, 0.717) is 44.2 Å². The number of carboxylic acid groups (broad SMARTS) is 4. The molecular weight excluding hydrogens is 723 g/mol. The third-order valence-electron chi connectivity index (χ3n) is 9.00. The molecule has 12 nitrogen and oxygen atoms in total. The molecule has 0 saturated heterocycles. The van der Waals surface area contributed by atoms with Crippen molar-refractivity contribution in [3.8, 4) is 0 Å². The standard InChI is InChI=1S/C36H36N4O8.Pd/c1-17-21(5-9-33(41)42)29-14-26-19(3)23(7-11-35(45)46)31(39-26)16-28-20(4)24(8-12-36(47)48)32(40-28)15-27-18(2)22(6-10-34(43)44)30(38-27)13-25(17)37-29;/h13-16H,5-12H2,1-4H3,(H,41,42)(H,43,44)(H,45,46)(H,47,48);/q-4;/b25-13-,26-14?,27-15?,28-16-,29-14-,30-13?,31-16?,32-15-;. The zero-order valence-corrected chi connectivity index (χ0v) is 29.0. The van der Waals surface area contributed by atoms with Gasteiger partial charge in [0.15, 0.2) is 0 Å². The largest absolute Gasteiger partial charge is 0.657 e. The third-order valence-corrected chi connectivity index (χ3v) is 9.00. The molecule has 0 radical (unpaired) electrons. The molecule has 5 heterocycles. The van der Waals surface area contributed by atoms with E-state index in [1.807, 2.05) is 27.7 Å². The second kappa shape index (κ2) is 15.1. The molecule has 4 N–H and O–H groups in total. The van der Waals surface area contributed by atoms with E-state index >= 15 is 0 Å². The van der Waals surface area contributed by atoms with Crippen LogP contribution >= 0.6 is 0 Å². The predicted molar refractivity (Wildman–Crippen MR) is 175 cm³/mol. The number of hydrogen-bond acceptors (Lipinski definition) is 4. The third kappa shape index (κ3) is 8.07. The van der Waals surface area contributed by atoms with Crippen LogP contribution in [0.3, 0.4) is 0 Å². The zero-order valence-electron chi connectivity index (χ0n) is 27.5. The van der Waals surface area contributed by atoms with Crippen LogP contribution in [0.1, 0.15) is 93.0 Å². The van der Waals surface area contributed by atoms with Gasteiger partial charge in [0.1, 0.15) is 0 Å². The molecular formula is C36H36N4O8Pd-4. The fourth-order valence-electron chi connectivity index (χ4n) is 6.26. The van der Waals surface area contributed by atoms with Gasteiger partial charge in [0.05, 0.1) is 0 Å². The molecule has 5 rings (SSSR count). The van der Waals surface area contributed by atoms with Crippen LogP contribution in [0.2, 0.25) is 0 Å². The summed E-state index contributed by atoms with van der Waals surface area (Å²) in [7, 11) is 0. The molecule has 262 valence electrons. The second-order valence-corrected chi connectivity index (χ2v) is 12.1. The quantitative estimate of drug-likeness (QED) is 0.128. The zero-order chi connectivity index (χ0) is 34.9. The molecule has 0 atom stereocenters. The average Bonchev–Trinajstić information content (AvgIpc) is 3.66. The Morgan fingerprint density at radius 3 is 1.02 bits per heavy atom. The SMILES string of the molecule is Cc1c2[n-]c(c1CCC(=O)O)/C=c1\[n-]/c(c(CCC(=O)O)c1C)=C\c1[n-]c(c(CCC(=O)O)c1C)/C=c1\[n-]/c(c(CCC(=O)O)c1C)=C\2.[Pd]. The summed E-state index contributed by atoms with van der Waals surface area (Å²) >= 11 is 0. The molecule has 0 spiro atoms. The van der Waals surface area contributed by atoms with Gasteiger partial charge >= 0.3 is 23.9 Å². The second-order valence-electron chi connectivity index (χ2n) is 12.1. The summed E-state index contributed by atoms with van der Waals surface area (Å²) in [6, 6.07) is 0. The molecule has 0 fully saturated rings. The number of hydrogen-bond donors (Lipinski definition) is 4. The fourth-order valence-corrected chi connectivity index (χ4v) is 6.26. The molecule has 8 bridgehead atoms. The Balaban J connectivity index is 0.00000541. The molecule has 0 aromatic carbocycles. The van der Waals surface area contributed by atoms with E-state index in [1.165, 1.54) is 0 Å². The van der Waals surface area contributed by atoms with Crippen LogP contribution in [0, 0.1) is 27.7 Å². The fraction of sp³-hybridized carbons (Fsp3) is 0.333. The van der Waals surface area contributed by atoms with Crippen molar-refractivity contribution in [1.29, 1.82) is 0 Å². The number of carboxylic acids is 4. The minimum absolute atomic E-state index is 0. The van der Waals surface area contributed by atoms with E-state index in [1.54, 1.807) is 24.3 Å². The first-order chi connectivity index (χ1) is 22.7. The van der Waals surface area contributed by atoms with Crippen molar-refractivity contribution in [2.75, 3.05) is 0 Å². The van der Waals surface area contributed by atoms with Gasteiger partial charge in [0, 0.05) is 46.1 Å². The van der Waals surface area contributed by atoms with Crippen molar-refractivity contribution in [1.82, 2.24) is 19.9 Å². The van der Waals surface area contributed by atoms with Crippen molar-refractivity contribution < 1.29 is 60.0 Å². The van der Waals surface area contributed by atoms with Crippen molar-refractivity contribution >= 4 is 48.2 Å². The molecule has 4 aromatic rings. The Bertz CT molecular complexity index is 2060. The Hall–Kier alpha value is -4.86. The molecule has 0 unspecified atom stereocenters. The van der Waals surface area contributed by atoms with Gasteiger partial charge < -0.3 is 40.4 Å². The Morgan fingerprint density at radius 1 is 0.429 bits per heavy atom. The molecule has 0 saturated carbocycles. The maximum absolute atomic E-state index is 11.6. The van der Waals surface area contributed by atoms with Gasteiger partial charge in [-0.2, -0.15) is 0 Å². The summed E-state index contributed by atoms with van der Waals surface area (Å²) in [6.45, 7) is 7.43. The van der Waals surface area contributed by atoms with E-state index in [9.17, 15) is 39.6 Å². The maximum Gasteiger partial charge on any atom is 0.303 e. The summed E-state index contributed by atoms with van der Waals surface area (Å²) < 4.78 is 0. The van der Waals surface area contributed by atoms with E-state index in [2.05, 4.69) is 0 Å². The van der Waals surface area contributed by atoms with Gasteiger partial charge in [-0.3, -0.25) is 19.2 Å². The van der Waals surface area contributed by atoms with Crippen LogP contribution in [0.15, 0.2) is 0 Å². The number of nitrogens with zero attached hydrogens (tertiary/aromatic N) is 4. The summed E-state index contributed by atoms with van der Waals surface area (Å²) in [6.07, 6.45) is 7.54. The maximum atomic E-state index is 11.6.